The third kappa shape index (κ3) is 4.44. The van der Waals surface area contributed by atoms with E-state index in [4.69, 9.17) is 0 Å². The molecule has 3 rings (SSSR count). The van der Waals surface area contributed by atoms with Crippen LogP contribution in [-0.2, 0) is 6.18 Å². The van der Waals surface area contributed by atoms with Crippen LogP contribution in [0.2, 0.25) is 0 Å². The van der Waals surface area contributed by atoms with Gasteiger partial charge in [0, 0.05) is 28.5 Å². The average Bonchev–Trinajstić information content (AvgIpc) is 3.01. The van der Waals surface area contributed by atoms with Crippen molar-refractivity contribution in [3.63, 3.8) is 0 Å². The van der Waals surface area contributed by atoms with Gasteiger partial charge >= 0.3 is 6.18 Å². The van der Waals surface area contributed by atoms with Crippen molar-refractivity contribution in [1.82, 2.24) is 13.6 Å². The molecule has 3 N–H and O–H groups in total. The van der Waals surface area contributed by atoms with Crippen LogP contribution in [0.25, 0.3) is 0 Å². The zero-order valence-corrected chi connectivity index (χ0v) is 16.5. The zero-order chi connectivity index (χ0) is 22.1. The van der Waals surface area contributed by atoms with E-state index in [0.717, 1.165) is 11.0 Å². The number of carbonyl (C=O) groups excluding carboxylic acids is 1. The monoisotopic (exact) mass is 439 g/mol. The molecule has 1 atom stereocenters. The number of hydrogen-bond donors (Lipinski definition) is 3. The standard InChI is InChI=1S/C18H16F3N5O3S/c1-26(2)17(28)13-11(18(19,20)21)8-9-12(14(13)27)23-16-15(24-30(29)25-16)22-10-6-4-3-5-7-10/h3-9,27H,1-2H3,(H,22,24)(H,23,25). The van der Waals surface area contributed by atoms with Crippen LogP contribution < -0.4 is 10.6 Å². The molecular formula is C18H16F3N5O3S. The third-order valence-corrected chi connectivity index (χ3v) is 4.63. The molecule has 3 aromatic rings. The van der Waals surface area contributed by atoms with Gasteiger partial charge in [-0.05, 0) is 24.3 Å². The van der Waals surface area contributed by atoms with E-state index in [2.05, 4.69) is 19.4 Å². The minimum atomic E-state index is -4.86. The first-order valence-electron chi connectivity index (χ1n) is 8.41. The Hall–Kier alpha value is -3.38. The summed E-state index contributed by atoms with van der Waals surface area (Å²) in [4.78, 5) is 13.2. The van der Waals surface area contributed by atoms with Crippen molar-refractivity contribution in [1.29, 1.82) is 0 Å². The van der Waals surface area contributed by atoms with E-state index in [1.807, 2.05) is 0 Å². The first kappa shape index (κ1) is 21.3. The fourth-order valence-corrected chi connectivity index (χ4v) is 3.20. The maximum absolute atomic E-state index is 13.3. The highest BCUT2D eigenvalue weighted by Crippen LogP contribution is 2.41. The molecule has 0 saturated carbocycles. The van der Waals surface area contributed by atoms with Gasteiger partial charge in [-0.1, -0.05) is 18.2 Å². The van der Waals surface area contributed by atoms with Gasteiger partial charge in [-0.15, -0.1) is 0 Å². The van der Waals surface area contributed by atoms with E-state index < -0.39 is 40.1 Å². The summed E-state index contributed by atoms with van der Waals surface area (Å²) >= 11 is -1.96. The Morgan fingerprint density at radius 1 is 1.07 bits per heavy atom. The van der Waals surface area contributed by atoms with E-state index in [1.165, 1.54) is 14.1 Å². The summed E-state index contributed by atoms with van der Waals surface area (Å²) in [6, 6.07) is 10.3. The molecule has 2 aromatic carbocycles. The number of benzene rings is 2. The molecule has 0 bridgehead atoms. The molecule has 1 amide bonds. The second-order valence-electron chi connectivity index (χ2n) is 6.31. The van der Waals surface area contributed by atoms with Gasteiger partial charge < -0.3 is 25.2 Å². The number of phenolic OH excluding ortho intramolecular Hbond substituents is 1. The molecule has 1 heterocycles. The fraction of sp³-hybridized carbons (Fsp3) is 0.167. The summed E-state index contributed by atoms with van der Waals surface area (Å²) in [7, 11) is 2.53. The summed E-state index contributed by atoms with van der Waals surface area (Å²) < 4.78 is 59.4. The lowest BCUT2D eigenvalue weighted by atomic mass is 10.0. The molecule has 0 spiro atoms. The fourth-order valence-electron chi connectivity index (χ4n) is 2.58. The topological polar surface area (TPSA) is 113 Å². The van der Waals surface area contributed by atoms with Crippen LogP contribution in [0.1, 0.15) is 15.9 Å². The molecule has 0 saturated heterocycles. The van der Waals surface area contributed by atoms with Crippen molar-refractivity contribution in [3.8, 4) is 5.75 Å². The van der Waals surface area contributed by atoms with E-state index in [0.29, 0.717) is 11.8 Å². The van der Waals surface area contributed by atoms with Crippen LogP contribution in [0.3, 0.4) is 0 Å². The van der Waals surface area contributed by atoms with Crippen LogP contribution >= 0.6 is 11.1 Å². The van der Waals surface area contributed by atoms with Crippen molar-refractivity contribution in [2.75, 3.05) is 24.7 Å². The summed E-state index contributed by atoms with van der Waals surface area (Å²) in [6.07, 6.45) is -4.86. The number of anilines is 4. The minimum Gasteiger partial charge on any atom is -0.546 e. The molecule has 1 aromatic heterocycles. The van der Waals surface area contributed by atoms with Crippen molar-refractivity contribution < 1.29 is 27.6 Å². The first-order valence-corrected chi connectivity index (χ1v) is 9.48. The Morgan fingerprint density at radius 2 is 1.67 bits per heavy atom. The molecule has 158 valence electrons. The van der Waals surface area contributed by atoms with Crippen LogP contribution in [0.4, 0.5) is 36.2 Å². The largest absolute Gasteiger partial charge is 0.546 e. The van der Waals surface area contributed by atoms with Crippen LogP contribution in [0, 0.1) is 0 Å². The predicted molar refractivity (Wildman–Crippen MR) is 105 cm³/mol. The number of nitrogens with one attached hydrogen (secondary N) is 2. The number of halogens is 3. The zero-order valence-electron chi connectivity index (χ0n) is 15.7. The molecular weight excluding hydrogens is 423 g/mol. The van der Waals surface area contributed by atoms with E-state index >= 15 is 0 Å². The van der Waals surface area contributed by atoms with Crippen LogP contribution in [-0.4, -0.2) is 43.3 Å². The lowest BCUT2D eigenvalue weighted by Gasteiger charge is -2.19. The Labute approximate surface area is 172 Å². The van der Waals surface area contributed by atoms with Crippen LogP contribution in [0.5, 0.6) is 5.75 Å². The predicted octanol–water partition coefficient (Wildman–Crippen LogP) is 4.12. The molecule has 8 nitrogen and oxygen atoms in total. The maximum Gasteiger partial charge on any atom is 0.417 e. The van der Waals surface area contributed by atoms with Crippen molar-refractivity contribution in [2.45, 2.75) is 6.18 Å². The normalized spacial score (nSPS) is 11.9. The number of aromatic nitrogens is 2. The molecule has 12 heteroatoms. The Morgan fingerprint density at radius 3 is 2.23 bits per heavy atom. The van der Waals surface area contributed by atoms with E-state index in [1.54, 1.807) is 30.3 Å². The summed E-state index contributed by atoms with van der Waals surface area (Å²) in [5, 5.41) is 15.9. The molecule has 0 aliphatic heterocycles. The van der Waals surface area contributed by atoms with Gasteiger partial charge in [-0.3, -0.25) is 4.79 Å². The van der Waals surface area contributed by atoms with E-state index in [9.17, 15) is 27.6 Å². The molecule has 0 aliphatic rings. The molecule has 0 fully saturated rings. The lowest BCUT2D eigenvalue weighted by Crippen LogP contribution is -2.25. The number of amides is 1. The van der Waals surface area contributed by atoms with Gasteiger partial charge in [0.2, 0.25) is 11.6 Å². The number of nitrogens with zero attached hydrogens (tertiary/aromatic N) is 3. The maximum atomic E-state index is 13.3. The minimum absolute atomic E-state index is 0.0549. The average molecular weight is 439 g/mol. The number of alkyl halides is 3. The molecule has 1 unspecified atom stereocenters. The van der Waals surface area contributed by atoms with Crippen LogP contribution in [0.15, 0.2) is 42.5 Å². The molecule has 0 aliphatic carbocycles. The number of phenols is 1. The second kappa shape index (κ2) is 8.16. The van der Waals surface area contributed by atoms with Crippen molar-refractivity contribution >= 4 is 40.1 Å². The number of hydrogen-bond acceptors (Lipinski definition) is 7. The first-order chi connectivity index (χ1) is 14.1. The highest BCUT2D eigenvalue weighted by molar-refractivity contribution is 7.14. The summed E-state index contributed by atoms with van der Waals surface area (Å²) in [5.74, 6) is -1.96. The van der Waals surface area contributed by atoms with Gasteiger partial charge in [-0.2, -0.15) is 13.2 Å². The third-order valence-electron chi connectivity index (χ3n) is 3.96. The molecule has 0 radical (unpaired) electrons. The number of carbonyl (C=O) groups is 1. The highest BCUT2D eigenvalue weighted by atomic mass is 32.2. The van der Waals surface area contributed by atoms with Gasteiger partial charge in [0.15, 0.2) is 16.9 Å². The van der Waals surface area contributed by atoms with Gasteiger partial charge in [-0.25, -0.2) is 0 Å². The lowest BCUT2D eigenvalue weighted by molar-refractivity contribution is -0.138. The Balaban J connectivity index is 2.02. The number of para-hydroxylation sites is 1. The van der Waals surface area contributed by atoms with Gasteiger partial charge in [0.25, 0.3) is 5.91 Å². The Kier molecular flexibility index (Phi) is 5.80. The van der Waals surface area contributed by atoms with E-state index in [-0.39, 0.29) is 17.3 Å². The summed E-state index contributed by atoms with van der Waals surface area (Å²) in [5.41, 5.74) is -1.82. The number of rotatable bonds is 5. The van der Waals surface area contributed by atoms with Crippen molar-refractivity contribution in [2.24, 2.45) is 0 Å². The number of aromatic hydroxyl groups is 1. The van der Waals surface area contributed by atoms with Gasteiger partial charge in [0.1, 0.15) is 0 Å². The second-order valence-corrected chi connectivity index (χ2v) is 7.13. The molecule has 30 heavy (non-hydrogen) atoms. The SMILES string of the molecule is CN(C)C(=O)c1c(C(F)(F)F)ccc(Nc2n[s+]([O-])nc2Nc2ccccc2)c1O. The summed E-state index contributed by atoms with van der Waals surface area (Å²) in [6.45, 7) is 0. The quantitative estimate of drug-likeness (QED) is 0.405. The smallest absolute Gasteiger partial charge is 0.417 e. The van der Waals surface area contributed by atoms with Gasteiger partial charge in [0.05, 0.1) is 16.8 Å². The highest BCUT2D eigenvalue weighted by Gasteiger charge is 2.38. The Bertz CT molecular complexity index is 1070. The van der Waals surface area contributed by atoms with Crippen molar-refractivity contribution in [3.05, 3.63) is 53.6 Å².